The van der Waals surface area contributed by atoms with E-state index >= 15 is 0 Å². The fourth-order valence-corrected chi connectivity index (χ4v) is 1.32. The van der Waals surface area contributed by atoms with E-state index in [1.165, 1.54) is 13.2 Å². The normalized spacial score (nSPS) is 11.1. The van der Waals surface area contributed by atoms with Crippen molar-refractivity contribution in [3.05, 3.63) is 23.8 Å². The van der Waals surface area contributed by atoms with E-state index in [9.17, 15) is 9.90 Å². The molecule has 0 saturated carbocycles. The largest absolute Gasteiger partial charge is 0.507 e. The van der Waals surface area contributed by atoms with Gasteiger partial charge in [-0.15, -0.1) is 0 Å². The number of ether oxygens (including phenoxy) is 2. The first-order valence-electron chi connectivity index (χ1n) is 5.30. The molecule has 0 radical (unpaired) electrons. The molecule has 0 spiro atoms. The maximum absolute atomic E-state index is 10.9. The van der Waals surface area contributed by atoms with Crippen molar-refractivity contribution in [3.8, 4) is 11.5 Å². The standard InChI is InChI=1S/C12H15NO5/c1-8(13-16)10-4-3-9(7-11(10)14)18-6-5-12(15)17-2/h3-4,7,14,16H,5-6H2,1-2H3/b13-8-. The van der Waals surface area contributed by atoms with Crippen LogP contribution in [0.3, 0.4) is 0 Å². The second-order valence-electron chi connectivity index (χ2n) is 3.54. The molecule has 0 saturated heterocycles. The molecule has 1 aromatic carbocycles. The maximum Gasteiger partial charge on any atom is 0.308 e. The van der Waals surface area contributed by atoms with Crippen molar-refractivity contribution in [3.63, 3.8) is 0 Å². The van der Waals surface area contributed by atoms with E-state index in [0.717, 1.165) is 0 Å². The van der Waals surface area contributed by atoms with Crippen LogP contribution in [0.4, 0.5) is 0 Å². The summed E-state index contributed by atoms with van der Waals surface area (Å²) in [6.45, 7) is 1.73. The van der Waals surface area contributed by atoms with Crippen molar-refractivity contribution in [1.29, 1.82) is 0 Å². The Morgan fingerprint density at radius 3 is 2.72 bits per heavy atom. The van der Waals surface area contributed by atoms with Crippen LogP contribution in [0.1, 0.15) is 18.9 Å². The number of rotatable bonds is 5. The molecule has 6 heteroatoms. The summed E-state index contributed by atoms with van der Waals surface area (Å²) in [5, 5.41) is 21.3. The summed E-state index contributed by atoms with van der Waals surface area (Å²) in [7, 11) is 1.31. The fraction of sp³-hybridized carbons (Fsp3) is 0.333. The molecule has 0 atom stereocenters. The van der Waals surface area contributed by atoms with Crippen LogP contribution in [0.2, 0.25) is 0 Å². The monoisotopic (exact) mass is 253 g/mol. The first-order valence-corrected chi connectivity index (χ1v) is 5.30. The number of carbonyl (C=O) groups is 1. The molecule has 0 unspecified atom stereocenters. The molecule has 0 heterocycles. The average Bonchev–Trinajstić information content (AvgIpc) is 2.37. The number of oxime groups is 1. The highest BCUT2D eigenvalue weighted by molar-refractivity contribution is 6.00. The Bertz CT molecular complexity index is 456. The van der Waals surface area contributed by atoms with Crippen molar-refractivity contribution in [2.45, 2.75) is 13.3 Å². The van der Waals surface area contributed by atoms with Crippen LogP contribution in [-0.4, -0.2) is 35.7 Å². The molecular weight excluding hydrogens is 238 g/mol. The highest BCUT2D eigenvalue weighted by Gasteiger charge is 2.07. The maximum atomic E-state index is 10.9. The zero-order valence-corrected chi connectivity index (χ0v) is 10.2. The highest BCUT2D eigenvalue weighted by atomic mass is 16.5. The van der Waals surface area contributed by atoms with E-state index in [1.807, 2.05) is 0 Å². The summed E-state index contributed by atoms with van der Waals surface area (Å²) in [6.07, 6.45) is 0.135. The molecule has 2 N–H and O–H groups in total. The van der Waals surface area contributed by atoms with Gasteiger partial charge in [0.1, 0.15) is 11.5 Å². The number of nitrogens with zero attached hydrogens (tertiary/aromatic N) is 1. The van der Waals surface area contributed by atoms with Crippen LogP contribution in [-0.2, 0) is 9.53 Å². The lowest BCUT2D eigenvalue weighted by Crippen LogP contribution is -2.07. The highest BCUT2D eigenvalue weighted by Crippen LogP contribution is 2.24. The van der Waals surface area contributed by atoms with Crippen molar-refractivity contribution >= 4 is 11.7 Å². The predicted octanol–water partition coefficient (Wildman–Crippen LogP) is 1.53. The van der Waals surface area contributed by atoms with Gasteiger partial charge in [-0.1, -0.05) is 5.16 Å². The lowest BCUT2D eigenvalue weighted by Gasteiger charge is -2.08. The number of hydrogen-bond donors (Lipinski definition) is 2. The molecule has 0 aliphatic carbocycles. The quantitative estimate of drug-likeness (QED) is 0.359. The molecule has 18 heavy (non-hydrogen) atoms. The third kappa shape index (κ3) is 3.65. The molecule has 6 nitrogen and oxygen atoms in total. The molecule has 1 aromatic rings. The van der Waals surface area contributed by atoms with Gasteiger partial charge in [0.2, 0.25) is 0 Å². The topological polar surface area (TPSA) is 88.4 Å². The first kappa shape index (κ1) is 13.8. The number of hydrogen-bond acceptors (Lipinski definition) is 6. The van der Waals surface area contributed by atoms with Crippen LogP contribution in [0.25, 0.3) is 0 Å². The second kappa shape index (κ2) is 6.48. The number of carbonyl (C=O) groups excluding carboxylic acids is 1. The molecule has 0 aromatic heterocycles. The molecular formula is C12H15NO5. The molecule has 0 amide bonds. The Labute approximate surface area is 104 Å². The second-order valence-corrected chi connectivity index (χ2v) is 3.54. The van der Waals surface area contributed by atoms with E-state index in [-0.39, 0.29) is 24.7 Å². The van der Waals surface area contributed by atoms with Crippen LogP contribution in [0.5, 0.6) is 11.5 Å². The van der Waals surface area contributed by atoms with Gasteiger partial charge in [0, 0.05) is 11.6 Å². The summed E-state index contributed by atoms with van der Waals surface area (Å²) in [6, 6.07) is 4.57. The van der Waals surface area contributed by atoms with Crippen LogP contribution < -0.4 is 4.74 Å². The van der Waals surface area contributed by atoms with Crippen LogP contribution >= 0.6 is 0 Å². The molecule has 0 aliphatic rings. The van der Waals surface area contributed by atoms with Crippen LogP contribution in [0.15, 0.2) is 23.4 Å². The number of aromatic hydroxyl groups is 1. The number of benzene rings is 1. The first-order chi connectivity index (χ1) is 8.58. The van der Waals surface area contributed by atoms with Gasteiger partial charge in [-0.05, 0) is 19.1 Å². The zero-order chi connectivity index (χ0) is 13.5. The van der Waals surface area contributed by atoms with E-state index in [0.29, 0.717) is 17.0 Å². The van der Waals surface area contributed by atoms with Gasteiger partial charge in [-0.3, -0.25) is 4.79 Å². The van der Waals surface area contributed by atoms with Gasteiger partial charge in [0.15, 0.2) is 0 Å². The SMILES string of the molecule is COC(=O)CCOc1ccc(/C(C)=N\O)c(O)c1. The predicted molar refractivity (Wildman–Crippen MR) is 64.2 cm³/mol. The smallest absolute Gasteiger partial charge is 0.308 e. The van der Waals surface area contributed by atoms with Crippen molar-refractivity contribution in [2.24, 2.45) is 5.16 Å². The third-order valence-electron chi connectivity index (χ3n) is 2.31. The summed E-state index contributed by atoms with van der Waals surface area (Å²) in [5.41, 5.74) is 0.714. The zero-order valence-electron chi connectivity index (χ0n) is 10.2. The molecule has 0 fully saturated rings. The van der Waals surface area contributed by atoms with Crippen molar-refractivity contribution in [1.82, 2.24) is 0 Å². The minimum absolute atomic E-state index is 0.0548. The van der Waals surface area contributed by atoms with E-state index in [2.05, 4.69) is 9.89 Å². The minimum atomic E-state index is -0.362. The Hall–Kier alpha value is -2.24. The summed E-state index contributed by atoms with van der Waals surface area (Å²) < 4.78 is 9.73. The molecule has 0 aliphatic heterocycles. The van der Waals surface area contributed by atoms with Gasteiger partial charge in [-0.2, -0.15) is 0 Å². The van der Waals surface area contributed by atoms with Crippen molar-refractivity contribution in [2.75, 3.05) is 13.7 Å². The van der Waals surface area contributed by atoms with Crippen LogP contribution in [0, 0.1) is 0 Å². The lowest BCUT2D eigenvalue weighted by molar-refractivity contribution is -0.141. The molecule has 0 bridgehead atoms. The summed E-state index contributed by atoms with van der Waals surface area (Å²) >= 11 is 0. The van der Waals surface area contributed by atoms with Crippen molar-refractivity contribution < 1.29 is 24.6 Å². The van der Waals surface area contributed by atoms with E-state index in [4.69, 9.17) is 9.94 Å². The summed E-state index contributed by atoms with van der Waals surface area (Å²) in [5.74, 6) is 0.00543. The van der Waals surface area contributed by atoms with Gasteiger partial charge in [0.25, 0.3) is 0 Å². The lowest BCUT2D eigenvalue weighted by atomic mass is 10.1. The van der Waals surface area contributed by atoms with Gasteiger partial charge < -0.3 is 19.8 Å². The number of methoxy groups -OCH3 is 1. The average molecular weight is 253 g/mol. The Morgan fingerprint density at radius 1 is 1.44 bits per heavy atom. The Kier molecular flexibility index (Phi) is 4.98. The number of esters is 1. The van der Waals surface area contributed by atoms with Gasteiger partial charge in [0.05, 0.1) is 25.8 Å². The third-order valence-corrected chi connectivity index (χ3v) is 2.31. The molecule has 98 valence electrons. The van der Waals surface area contributed by atoms with E-state index < -0.39 is 0 Å². The summed E-state index contributed by atoms with van der Waals surface area (Å²) in [4.78, 5) is 10.9. The van der Waals surface area contributed by atoms with E-state index in [1.54, 1.807) is 19.1 Å². The van der Waals surface area contributed by atoms with Gasteiger partial charge >= 0.3 is 5.97 Å². The number of phenols is 1. The minimum Gasteiger partial charge on any atom is -0.507 e. The van der Waals surface area contributed by atoms with Gasteiger partial charge in [-0.25, -0.2) is 0 Å². The fourth-order valence-electron chi connectivity index (χ4n) is 1.32. The molecule has 1 rings (SSSR count). The number of phenolic OH excluding ortho intramolecular Hbond substituents is 1. The Balaban J connectivity index is 2.65. The Morgan fingerprint density at radius 2 is 2.17 bits per heavy atom.